The highest BCUT2D eigenvalue weighted by atomic mass is 32.1. The molecule has 0 aromatic heterocycles. The molecule has 0 unspecified atom stereocenters. The molecule has 4 heteroatoms. The number of rotatable bonds is 3. The van der Waals surface area contributed by atoms with E-state index in [0.29, 0.717) is 4.99 Å². The molecule has 1 fully saturated rings. The summed E-state index contributed by atoms with van der Waals surface area (Å²) >= 11 is 4.96. The fourth-order valence-corrected chi connectivity index (χ4v) is 2.24. The molecule has 0 atom stereocenters. The molecular formula is C13H24N2OS. The van der Waals surface area contributed by atoms with Gasteiger partial charge in [0, 0.05) is 5.92 Å². The third-order valence-corrected chi connectivity index (χ3v) is 4.04. The second-order valence-corrected chi connectivity index (χ2v) is 5.96. The first-order valence-electron chi connectivity index (χ1n) is 6.55. The SMILES string of the molecule is CC(C)(NC(=O)C1CCCCCCC1)C(N)=S. The van der Waals surface area contributed by atoms with Gasteiger partial charge in [-0.05, 0) is 26.7 Å². The van der Waals surface area contributed by atoms with Gasteiger partial charge in [0.2, 0.25) is 5.91 Å². The maximum Gasteiger partial charge on any atom is 0.223 e. The Morgan fingerprint density at radius 1 is 1.18 bits per heavy atom. The molecule has 98 valence electrons. The zero-order valence-corrected chi connectivity index (χ0v) is 11.7. The van der Waals surface area contributed by atoms with E-state index in [1.54, 1.807) is 0 Å². The Bertz CT molecular complexity index is 281. The number of hydrogen-bond donors (Lipinski definition) is 2. The van der Waals surface area contributed by atoms with Crippen LogP contribution in [0.1, 0.15) is 58.8 Å². The Hall–Kier alpha value is -0.640. The molecule has 0 aliphatic heterocycles. The lowest BCUT2D eigenvalue weighted by Gasteiger charge is -2.28. The van der Waals surface area contributed by atoms with Gasteiger partial charge in [0.15, 0.2) is 0 Å². The molecular weight excluding hydrogens is 232 g/mol. The highest BCUT2D eigenvalue weighted by molar-refractivity contribution is 7.80. The average Bonchev–Trinajstić information content (AvgIpc) is 2.15. The quantitative estimate of drug-likeness (QED) is 0.763. The lowest BCUT2D eigenvalue weighted by atomic mass is 9.89. The van der Waals surface area contributed by atoms with E-state index in [0.717, 1.165) is 25.7 Å². The van der Waals surface area contributed by atoms with Crippen LogP contribution in [-0.4, -0.2) is 16.4 Å². The Balaban J connectivity index is 2.53. The van der Waals surface area contributed by atoms with Crippen molar-refractivity contribution in [1.29, 1.82) is 0 Å². The largest absolute Gasteiger partial charge is 0.391 e. The van der Waals surface area contributed by atoms with Crippen LogP contribution < -0.4 is 11.1 Å². The summed E-state index contributed by atoms with van der Waals surface area (Å²) in [6.07, 6.45) is 8.13. The molecule has 1 rings (SSSR count). The maximum atomic E-state index is 12.2. The van der Waals surface area contributed by atoms with Crippen LogP contribution in [-0.2, 0) is 4.79 Å². The van der Waals surface area contributed by atoms with Crippen molar-refractivity contribution in [2.24, 2.45) is 11.7 Å². The third-order valence-electron chi connectivity index (χ3n) is 3.53. The van der Waals surface area contributed by atoms with Gasteiger partial charge in [-0.2, -0.15) is 0 Å². The van der Waals surface area contributed by atoms with E-state index in [4.69, 9.17) is 18.0 Å². The fraction of sp³-hybridized carbons (Fsp3) is 0.846. The first-order valence-corrected chi connectivity index (χ1v) is 6.96. The standard InChI is InChI=1S/C13H24N2OS/c1-13(2,12(14)17)15-11(16)10-8-6-4-3-5-7-9-10/h10H,3-9H2,1-2H3,(H2,14,17)(H,15,16). The molecule has 1 saturated carbocycles. The van der Waals surface area contributed by atoms with Crippen LogP contribution in [0.25, 0.3) is 0 Å². The van der Waals surface area contributed by atoms with Crippen molar-refractivity contribution in [3.05, 3.63) is 0 Å². The number of hydrogen-bond acceptors (Lipinski definition) is 2. The summed E-state index contributed by atoms with van der Waals surface area (Å²) in [5, 5.41) is 2.97. The van der Waals surface area contributed by atoms with Gasteiger partial charge >= 0.3 is 0 Å². The van der Waals surface area contributed by atoms with E-state index in [-0.39, 0.29) is 11.8 Å². The predicted molar refractivity (Wildman–Crippen MR) is 74.8 cm³/mol. The van der Waals surface area contributed by atoms with Crippen molar-refractivity contribution in [3.8, 4) is 0 Å². The molecule has 3 nitrogen and oxygen atoms in total. The maximum absolute atomic E-state index is 12.2. The van der Waals surface area contributed by atoms with Gasteiger partial charge < -0.3 is 11.1 Å². The topological polar surface area (TPSA) is 55.1 Å². The molecule has 3 N–H and O–H groups in total. The van der Waals surface area contributed by atoms with Crippen LogP contribution in [0.4, 0.5) is 0 Å². The molecule has 1 aliphatic rings. The number of carbonyl (C=O) groups is 1. The van der Waals surface area contributed by atoms with Crippen molar-refractivity contribution in [2.45, 2.75) is 64.3 Å². The second kappa shape index (κ2) is 6.34. The molecule has 0 radical (unpaired) electrons. The molecule has 0 aromatic rings. The minimum absolute atomic E-state index is 0.115. The van der Waals surface area contributed by atoms with Gasteiger partial charge in [0.05, 0.1) is 10.5 Å². The third kappa shape index (κ3) is 4.62. The Morgan fingerprint density at radius 3 is 2.12 bits per heavy atom. The van der Waals surface area contributed by atoms with E-state index in [1.807, 2.05) is 13.8 Å². The van der Waals surface area contributed by atoms with E-state index in [1.165, 1.54) is 19.3 Å². The summed E-state index contributed by atoms with van der Waals surface area (Å²) < 4.78 is 0. The van der Waals surface area contributed by atoms with Crippen LogP contribution in [0.3, 0.4) is 0 Å². The summed E-state index contributed by atoms with van der Waals surface area (Å²) in [5.41, 5.74) is 5.05. The Labute approximate surface area is 110 Å². The van der Waals surface area contributed by atoms with Crippen LogP contribution in [0.2, 0.25) is 0 Å². The number of nitrogens with two attached hydrogens (primary N) is 1. The first-order chi connectivity index (χ1) is 7.93. The van der Waals surface area contributed by atoms with Gasteiger partial charge in [-0.25, -0.2) is 0 Å². The Morgan fingerprint density at radius 2 is 1.65 bits per heavy atom. The summed E-state index contributed by atoms with van der Waals surface area (Å²) in [6, 6.07) is 0. The number of carbonyl (C=O) groups excluding carboxylic acids is 1. The normalized spacial score (nSPS) is 19.2. The molecule has 0 spiro atoms. The smallest absolute Gasteiger partial charge is 0.223 e. The van der Waals surface area contributed by atoms with Crippen molar-refractivity contribution < 1.29 is 4.79 Å². The Kier molecular flexibility index (Phi) is 5.37. The van der Waals surface area contributed by atoms with Gasteiger partial charge in [0.25, 0.3) is 0 Å². The van der Waals surface area contributed by atoms with Gasteiger partial charge in [0.1, 0.15) is 0 Å². The summed E-state index contributed by atoms with van der Waals surface area (Å²) in [5.74, 6) is 0.258. The average molecular weight is 256 g/mol. The molecule has 0 aromatic carbocycles. The van der Waals surface area contributed by atoms with Gasteiger partial charge in [-0.15, -0.1) is 0 Å². The van der Waals surface area contributed by atoms with E-state index >= 15 is 0 Å². The zero-order valence-electron chi connectivity index (χ0n) is 10.9. The lowest BCUT2D eigenvalue weighted by Crippen LogP contribution is -2.53. The molecule has 0 bridgehead atoms. The van der Waals surface area contributed by atoms with Crippen LogP contribution in [0, 0.1) is 5.92 Å². The molecule has 0 heterocycles. The van der Waals surface area contributed by atoms with E-state index in [9.17, 15) is 4.79 Å². The van der Waals surface area contributed by atoms with Crippen molar-refractivity contribution in [3.63, 3.8) is 0 Å². The van der Waals surface area contributed by atoms with Crippen LogP contribution >= 0.6 is 12.2 Å². The van der Waals surface area contributed by atoms with Crippen molar-refractivity contribution in [2.75, 3.05) is 0 Å². The molecule has 0 saturated heterocycles. The van der Waals surface area contributed by atoms with E-state index < -0.39 is 5.54 Å². The highest BCUT2D eigenvalue weighted by Gasteiger charge is 2.27. The predicted octanol–water partition coefficient (Wildman–Crippen LogP) is 2.53. The number of thiocarbonyl (C=S) groups is 1. The molecule has 17 heavy (non-hydrogen) atoms. The molecule has 1 amide bonds. The zero-order chi connectivity index (χ0) is 12.9. The lowest BCUT2D eigenvalue weighted by molar-refractivity contribution is -0.126. The summed E-state index contributed by atoms with van der Waals surface area (Å²) in [6.45, 7) is 3.71. The fourth-order valence-electron chi connectivity index (χ4n) is 2.19. The molecule has 1 aliphatic carbocycles. The minimum atomic E-state index is -0.575. The summed E-state index contributed by atoms with van der Waals surface area (Å²) in [4.78, 5) is 12.5. The first kappa shape index (κ1) is 14.4. The monoisotopic (exact) mass is 256 g/mol. The number of amides is 1. The van der Waals surface area contributed by atoms with Crippen molar-refractivity contribution in [1.82, 2.24) is 5.32 Å². The summed E-state index contributed by atoms with van der Waals surface area (Å²) in [7, 11) is 0. The van der Waals surface area contributed by atoms with Gasteiger partial charge in [-0.1, -0.05) is 44.3 Å². The van der Waals surface area contributed by atoms with Crippen molar-refractivity contribution >= 4 is 23.1 Å². The highest BCUT2D eigenvalue weighted by Crippen LogP contribution is 2.23. The minimum Gasteiger partial charge on any atom is -0.391 e. The van der Waals surface area contributed by atoms with Crippen LogP contribution in [0.15, 0.2) is 0 Å². The van der Waals surface area contributed by atoms with Gasteiger partial charge in [-0.3, -0.25) is 4.79 Å². The second-order valence-electron chi connectivity index (χ2n) is 5.52. The van der Waals surface area contributed by atoms with Crippen LogP contribution in [0.5, 0.6) is 0 Å². The van der Waals surface area contributed by atoms with E-state index in [2.05, 4.69) is 5.32 Å². The number of nitrogens with one attached hydrogen (secondary N) is 1.